The maximum atomic E-state index is 5.96. The molecule has 1 aromatic heterocycles. The van der Waals surface area contributed by atoms with E-state index in [4.69, 9.17) is 5.73 Å². The van der Waals surface area contributed by atoms with E-state index in [0.29, 0.717) is 0 Å². The van der Waals surface area contributed by atoms with E-state index < -0.39 is 0 Å². The van der Waals surface area contributed by atoms with Crippen LogP contribution in [0.1, 0.15) is 12.5 Å². The molecule has 15 heavy (non-hydrogen) atoms. The zero-order valence-electron chi connectivity index (χ0n) is 9.07. The molecule has 2 aromatic rings. The Morgan fingerprint density at radius 1 is 1.33 bits per heavy atom. The van der Waals surface area contributed by atoms with Crippen molar-refractivity contribution in [3.63, 3.8) is 0 Å². The van der Waals surface area contributed by atoms with E-state index in [2.05, 4.69) is 18.9 Å². The van der Waals surface area contributed by atoms with Crippen LogP contribution in [0.2, 0.25) is 0 Å². The molecular formula is C12H15N3. The van der Waals surface area contributed by atoms with E-state index in [1.807, 2.05) is 35.1 Å². The van der Waals surface area contributed by atoms with Crippen LogP contribution in [0, 0.1) is 6.92 Å². The molecule has 0 aliphatic rings. The zero-order chi connectivity index (χ0) is 10.8. The monoisotopic (exact) mass is 201 g/mol. The van der Waals surface area contributed by atoms with E-state index in [1.165, 1.54) is 0 Å². The minimum Gasteiger partial charge on any atom is -0.398 e. The molecule has 2 rings (SSSR count). The molecule has 2 N–H and O–H groups in total. The summed E-state index contributed by atoms with van der Waals surface area (Å²) in [6.45, 7) is 4.99. The van der Waals surface area contributed by atoms with E-state index >= 15 is 0 Å². The van der Waals surface area contributed by atoms with E-state index in [9.17, 15) is 0 Å². The molecule has 1 aromatic carbocycles. The van der Waals surface area contributed by atoms with E-state index in [-0.39, 0.29) is 0 Å². The average Bonchev–Trinajstić information content (AvgIpc) is 2.60. The van der Waals surface area contributed by atoms with E-state index in [1.54, 1.807) is 0 Å². The van der Waals surface area contributed by atoms with Crippen molar-refractivity contribution in [2.45, 2.75) is 20.4 Å². The van der Waals surface area contributed by atoms with Crippen molar-refractivity contribution in [2.24, 2.45) is 0 Å². The summed E-state index contributed by atoms with van der Waals surface area (Å²) in [7, 11) is 0. The first kappa shape index (κ1) is 9.77. The van der Waals surface area contributed by atoms with Gasteiger partial charge >= 0.3 is 0 Å². The molecule has 78 valence electrons. The minimum atomic E-state index is 0.802. The second-order valence-corrected chi connectivity index (χ2v) is 3.58. The molecule has 0 aliphatic carbocycles. The predicted molar refractivity (Wildman–Crippen MR) is 62.5 cm³/mol. The van der Waals surface area contributed by atoms with E-state index in [0.717, 1.165) is 29.1 Å². The van der Waals surface area contributed by atoms with Gasteiger partial charge in [0.1, 0.15) is 0 Å². The number of hydrogen-bond acceptors (Lipinski definition) is 2. The quantitative estimate of drug-likeness (QED) is 0.758. The first-order valence-corrected chi connectivity index (χ1v) is 5.11. The molecule has 0 atom stereocenters. The highest BCUT2D eigenvalue weighted by molar-refractivity contribution is 5.75. The lowest BCUT2D eigenvalue weighted by Gasteiger charge is -2.08. The highest BCUT2D eigenvalue weighted by Gasteiger charge is 2.10. The van der Waals surface area contributed by atoms with Gasteiger partial charge < -0.3 is 5.73 Å². The summed E-state index contributed by atoms with van der Waals surface area (Å²) < 4.78 is 1.97. The van der Waals surface area contributed by atoms with Gasteiger partial charge in [0.15, 0.2) is 0 Å². The number of nitrogen functional groups attached to an aromatic ring is 1. The maximum Gasteiger partial charge on any atom is 0.0731 e. The smallest absolute Gasteiger partial charge is 0.0731 e. The van der Waals surface area contributed by atoms with Crippen LogP contribution in [0.15, 0.2) is 30.5 Å². The third-order valence-corrected chi connectivity index (χ3v) is 2.54. The molecule has 0 bridgehead atoms. The van der Waals surface area contributed by atoms with Gasteiger partial charge in [-0.1, -0.05) is 18.2 Å². The lowest BCUT2D eigenvalue weighted by Crippen LogP contribution is -2.01. The molecule has 0 unspecified atom stereocenters. The Morgan fingerprint density at radius 2 is 2.07 bits per heavy atom. The van der Waals surface area contributed by atoms with Crippen LogP contribution >= 0.6 is 0 Å². The van der Waals surface area contributed by atoms with Gasteiger partial charge in [-0.05, 0) is 25.5 Å². The second kappa shape index (κ2) is 3.77. The molecule has 3 heteroatoms. The van der Waals surface area contributed by atoms with Crippen molar-refractivity contribution in [3.8, 4) is 11.3 Å². The van der Waals surface area contributed by atoms with Gasteiger partial charge in [-0.15, -0.1) is 0 Å². The van der Waals surface area contributed by atoms with Crippen LogP contribution in [-0.2, 0) is 6.54 Å². The van der Waals surface area contributed by atoms with Gasteiger partial charge in [0.2, 0.25) is 0 Å². The second-order valence-electron chi connectivity index (χ2n) is 3.58. The summed E-state index contributed by atoms with van der Waals surface area (Å²) in [4.78, 5) is 0. The Labute approximate surface area is 89.5 Å². The molecule has 0 amide bonds. The summed E-state index contributed by atoms with van der Waals surface area (Å²) in [6.07, 6.45) is 1.88. The number of rotatable bonds is 2. The van der Waals surface area contributed by atoms with Crippen molar-refractivity contribution in [2.75, 3.05) is 5.73 Å². The average molecular weight is 201 g/mol. The van der Waals surface area contributed by atoms with Gasteiger partial charge in [-0.25, -0.2) is 0 Å². The normalized spacial score (nSPS) is 10.5. The number of hydrogen-bond donors (Lipinski definition) is 1. The lowest BCUT2D eigenvalue weighted by atomic mass is 10.1. The van der Waals surface area contributed by atoms with Crippen LogP contribution in [-0.4, -0.2) is 9.78 Å². The Hall–Kier alpha value is -1.77. The molecule has 1 heterocycles. The van der Waals surface area contributed by atoms with Gasteiger partial charge in [-0.2, -0.15) is 5.10 Å². The van der Waals surface area contributed by atoms with Crippen LogP contribution < -0.4 is 5.73 Å². The molecule has 3 nitrogen and oxygen atoms in total. The fraction of sp³-hybridized carbons (Fsp3) is 0.250. The van der Waals surface area contributed by atoms with Gasteiger partial charge in [0.05, 0.1) is 11.9 Å². The number of para-hydroxylation sites is 1. The van der Waals surface area contributed by atoms with Crippen molar-refractivity contribution in [1.82, 2.24) is 9.78 Å². The highest BCUT2D eigenvalue weighted by Crippen LogP contribution is 2.28. The van der Waals surface area contributed by atoms with Crippen molar-refractivity contribution in [3.05, 3.63) is 36.0 Å². The third-order valence-electron chi connectivity index (χ3n) is 2.54. The first-order valence-electron chi connectivity index (χ1n) is 5.11. The van der Waals surface area contributed by atoms with Crippen LogP contribution in [0.4, 0.5) is 5.69 Å². The molecule has 0 spiro atoms. The number of nitrogens with two attached hydrogens (primary N) is 1. The minimum absolute atomic E-state index is 0.802. The predicted octanol–water partition coefficient (Wildman–Crippen LogP) is 2.46. The number of aromatic nitrogens is 2. The largest absolute Gasteiger partial charge is 0.398 e. The fourth-order valence-corrected chi connectivity index (χ4v) is 1.78. The number of benzene rings is 1. The third kappa shape index (κ3) is 1.61. The van der Waals surface area contributed by atoms with Crippen molar-refractivity contribution >= 4 is 5.69 Å². The Morgan fingerprint density at radius 3 is 2.73 bits per heavy atom. The van der Waals surface area contributed by atoms with Gasteiger partial charge in [-0.3, -0.25) is 4.68 Å². The number of aryl methyl sites for hydroxylation is 2. The Kier molecular flexibility index (Phi) is 2.46. The topological polar surface area (TPSA) is 43.8 Å². The summed E-state index contributed by atoms with van der Waals surface area (Å²) >= 11 is 0. The lowest BCUT2D eigenvalue weighted by molar-refractivity contribution is 0.667. The molecular weight excluding hydrogens is 186 g/mol. The SMILES string of the molecule is CCn1ncc(C)c1-c1ccccc1N. The Balaban J connectivity index is 2.63. The number of nitrogens with zero attached hydrogens (tertiary/aromatic N) is 2. The molecule has 0 saturated carbocycles. The van der Waals surface area contributed by atoms with Crippen molar-refractivity contribution < 1.29 is 0 Å². The molecule has 0 fully saturated rings. The summed E-state index contributed by atoms with van der Waals surface area (Å²) in [5.41, 5.74) is 10.1. The van der Waals surface area contributed by atoms with Crippen LogP contribution in [0.25, 0.3) is 11.3 Å². The number of anilines is 1. The fourth-order valence-electron chi connectivity index (χ4n) is 1.78. The van der Waals surface area contributed by atoms with Crippen LogP contribution in [0.5, 0.6) is 0 Å². The van der Waals surface area contributed by atoms with Gasteiger partial charge in [0, 0.05) is 17.8 Å². The molecule has 0 saturated heterocycles. The summed E-state index contributed by atoms with van der Waals surface area (Å²) in [5, 5.41) is 4.31. The maximum absolute atomic E-state index is 5.96. The molecule has 0 radical (unpaired) electrons. The molecule has 0 aliphatic heterocycles. The van der Waals surface area contributed by atoms with Crippen molar-refractivity contribution in [1.29, 1.82) is 0 Å². The standard InChI is InChI=1S/C12H15N3/c1-3-15-12(9(2)8-14-15)10-6-4-5-7-11(10)13/h4-8H,3,13H2,1-2H3. The summed E-state index contributed by atoms with van der Waals surface area (Å²) in [5.74, 6) is 0. The van der Waals surface area contributed by atoms with Gasteiger partial charge in [0.25, 0.3) is 0 Å². The summed E-state index contributed by atoms with van der Waals surface area (Å²) in [6, 6.07) is 7.90. The zero-order valence-corrected chi connectivity index (χ0v) is 9.07. The Bertz CT molecular complexity index is 471. The van der Waals surface area contributed by atoms with Crippen LogP contribution in [0.3, 0.4) is 0 Å². The first-order chi connectivity index (χ1) is 7.24. The highest BCUT2D eigenvalue weighted by atomic mass is 15.3.